The van der Waals surface area contributed by atoms with Gasteiger partial charge in [-0.25, -0.2) is 0 Å². The molecule has 0 saturated carbocycles. The number of nitrogens with one attached hydrogen (secondary N) is 1. The minimum Gasteiger partial charge on any atom is -0.375 e. The topological polar surface area (TPSA) is 24.5 Å². The molecule has 1 aliphatic rings. The van der Waals surface area contributed by atoms with Crippen molar-refractivity contribution in [2.45, 2.75) is 37.8 Å². The lowest BCUT2D eigenvalue weighted by atomic mass is 10.1. The van der Waals surface area contributed by atoms with Gasteiger partial charge in [0.1, 0.15) is 0 Å². The fourth-order valence-corrected chi connectivity index (χ4v) is 3.54. The molecule has 0 aromatic heterocycles. The Bertz CT molecular complexity index is 410. The predicted octanol–water partition coefficient (Wildman–Crippen LogP) is 3.17. The van der Waals surface area contributed by atoms with Gasteiger partial charge in [-0.3, -0.25) is 4.90 Å². The van der Waals surface area contributed by atoms with E-state index in [0.717, 1.165) is 38.5 Å². The first kappa shape index (κ1) is 16.8. The van der Waals surface area contributed by atoms with Crippen molar-refractivity contribution in [1.29, 1.82) is 0 Å². The molecule has 0 aliphatic carbocycles. The summed E-state index contributed by atoms with van der Waals surface area (Å²) in [5.74, 6) is 1.04. The van der Waals surface area contributed by atoms with Crippen LogP contribution in [0, 0.1) is 0 Å². The molecule has 1 fully saturated rings. The molecule has 1 aromatic carbocycles. The summed E-state index contributed by atoms with van der Waals surface area (Å²) in [6.07, 6.45) is 0.365. The Kier molecular flexibility index (Phi) is 7.04. The molecule has 0 spiro atoms. The lowest BCUT2D eigenvalue weighted by Crippen LogP contribution is -2.43. The summed E-state index contributed by atoms with van der Waals surface area (Å²) in [7, 11) is 0. The number of benzene rings is 1. The van der Waals surface area contributed by atoms with Crippen LogP contribution < -0.4 is 5.32 Å². The van der Waals surface area contributed by atoms with Gasteiger partial charge in [-0.05, 0) is 37.7 Å². The molecule has 0 bridgehead atoms. The van der Waals surface area contributed by atoms with E-state index in [4.69, 9.17) is 4.74 Å². The highest BCUT2D eigenvalue weighted by molar-refractivity contribution is 7.99. The molecule has 4 heteroatoms. The molecule has 1 saturated heterocycles. The predicted molar refractivity (Wildman–Crippen MR) is 91.1 cm³/mol. The van der Waals surface area contributed by atoms with Crippen LogP contribution in [-0.4, -0.2) is 49.5 Å². The smallest absolute Gasteiger partial charge is 0.0796 e. The van der Waals surface area contributed by atoms with Crippen LogP contribution in [0.3, 0.4) is 0 Å². The second-order valence-corrected chi connectivity index (χ2v) is 6.64. The fourth-order valence-electron chi connectivity index (χ4n) is 2.63. The van der Waals surface area contributed by atoms with Crippen molar-refractivity contribution < 1.29 is 4.74 Å². The van der Waals surface area contributed by atoms with Crippen molar-refractivity contribution in [2.75, 3.05) is 38.5 Å². The monoisotopic (exact) mass is 308 g/mol. The zero-order valence-electron chi connectivity index (χ0n) is 13.5. The maximum atomic E-state index is 5.85. The highest BCUT2D eigenvalue weighted by atomic mass is 32.2. The van der Waals surface area contributed by atoms with Crippen molar-refractivity contribution >= 4 is 11.8 Å². The van der Waals surface area contributed by atoms with Crippen LogP contribution in [0.4, 0.5) is 0 Å². The van der Waals surface area contributed by atoms with Gasteiger partial charge in [-0.1, -0.05) is 26.0 Å². The molecule has 2 rings (SSSR count). The van der Waals surface area contributed by atoms with E-state index in [9.17, 15) is 0 Å². The maximum Gasteiger partial charge on any atom is 0.0796 e. The zero-order chi connectivity index (χ0) is 15.1. The molecule has 1 aromatic rings. The maximum absolute atomic E-state index is 5.85. The number of thioether (sulfide) groups is 1. The molecule has 2 atom stereocenters. The average molecular weight is 308 g/mol. The Morgan fingerprint density at radius 2 is 2.10 bits per heavy atom. The molecule has 0 amide bonds. The van der Waals surface area contributed by atoms with Gasteiger partial charge < -0.3 is 10.1 Å². The fraction of sp³-hybridized carbons (Fsp3) is 0.647. The Hall–Kier alpha value is -0.550. The van der Waals surface area contributed by atoms with Crippen LogP contribution in [0.2, 0.25) is 0 Å². The van der Waals surface area contributed by atoms with Crippen LogP contribution in [0.15, 0.2) is 29.2 Å². The second-order valence-electron chi connectivity index (χ2n) is 5.55. The summed E-state index contributed by atoms with van der Waals surface area (Å²) in [6, 6.07) is 9.35. The summed E-state index contributed by atoms with van der Waals surface area (Å²) in [5, 5.41) is 3.44. The standard InChI is InChI=1S/C17H28N2OS/c1-4-18-14(3)15-6-8-17(9-7-15)21-13-16-12-19(5-2)10-11-20-16/h6-9,14,16,18H,4-5,10-13H2,1-3H3. The number of hydrogen-bond donors (Lipinski definition) is 1. The Balaban J connectivity index is 1.80. The molecule has 1 heterocycles. The number of ether oxygens (including phenoxy) is 1. The molecule has 3 nitrogen and oxygen atoms in total. The third-order valence-electron chi connectivity index (χ3n) is 4.00. The van der Waals surface area contributed by atoms with Crippen LogP contribution in [0.25, 0.3) is 0 Å². The average Bonchev–Trinajstić information content (AvgIpc) is 2.54. The molecule has 2 unspecified atom stereocenters. The third kappa shape index (κ3) is 5.29. The van der Waals surface area contributed by atoms with E-state index in [1.165, 1.54) is 10.5 Å². The summed E-state index contributed by atoms with van der Waals surface area (Å²) in [5.41, 5.74) is 1.35. The summed E-state index contributed by atoms with van der Waals surface area (Å²) < 4.78 is 5.85. The summed E-state index contributed by atoms with van der Waals surface area (Å²) in [6.45, 7) is 11.7. The van der Waals surface area contributed by atoms with Crippen molar-refractivity contribution in [1.82, 2.24) is 10.2 Å². The lowest BCUT2D eigenvalue weighted by Gasteiger charge is -2.31. The van der Waals surface area contributed by atoms with Gasteiger partial charge in [-0.15, -0.1) is 11.8 Å². The van der Waals surface area contributed by atoms with E-state index in [1.807, 2.05) is 11.8 Å². The van der Waals surface area contributed by atoms with E-state index >= 15 is 0 Å². The van der Waals surface area contributed by atoms with Gasteiger partial charge in [0.2, 0.25) is 0 Å². The largest absolute Gasteiger partial charge is 0.375 e. The Labute approximate surface area is 133 Å². The molecule has 1 aliphatic heterocycles. The Morgan fingerprint density at radius 1 is 1.33 bits per heavy atom. The van der Waals surface area contributed by atoms with Gasteiger partial charge in [0.15, 0.2) is 0 Å². The molecular formula is C17H28N2OS. The van der Waals surface area contributed by atoms with Gasteiger partial charge >= 0.3 is 0 Å². The lowest BCUT2D eigenvalue weighted by molar-refractivity contribution is -0.0137. The van der Waals surface area contributed by atoms with E-state index in [1.54, 1.807) is 0 Å². The molecule has 1 N–H and O–H groups in total. The normalized spacial score (nSPS) is 21.4. The highest BCUT2D eigenvalue weighted by Crippen LogP contribution is 2.23. The minimum absolute atomic E-state index is 0.365. The molecule has 21 heavy (non-hydrogen) atoms. The number of likely N-dealkylation sites (N-methyl/N-ethyl adjacent to an activating group) is 1. The number of hydrogen-bond acceptors (Lipinski definition) is 4. The molecular weight excluding hydrogens is 280 g/mol. The van der Waals surface area contributed by atoms with Crippen molar-refractivity contribution in [3.63, 3.8) is 0 Å². The Morgan fingerprint density at radius 3 is 2.76 bits per heavy atom. The van der Waals surface area contributed by atoms with Crippen molar-refractivity contribution in [3.8, 4) is 0 Å². The van der Waals surface area contributed by atoms with E-state index in [0.29, 0.717) is 12.1 Å². The minimum atomic E-state index is 0.365. The summed E-state index contributed by atoms with van der Waals surface area (Å²) in [4.78, 5) is 3.80. The van der Waals surface area contributed by atoms with Gasteiger partial charge in [0.05, 0.1) is 12.7 Å². The number of nitrogens with zero attached hydrogens (tertiary/aromatic N) is 1. The van der Waals surface area contributed by atoms with Crippen LogP contribution in [0.1, 0.15) is 32.4 Å². The SMILES string of the molecule is CCNC(C)c1ccc(SCC2CN(CC)CCO2)cc1. The van der Waals surface area contributed by atoms with Crippen LogP contribution >= 0.6 is 11.8 Å². The number of rotatable bonds is 7. The zero-order valence-corrected chi connectivity index (χ0v) is 14.3. The second kappa shape index (κ2) is 8.79. The first-order valence-electron chi connectivity index (χ1n) is 8.03. The van der Waals surface area contributed by atoms with Crippen molar-refractivity contribution in [2.24, 2.45) is 0 Å². The summed E-state index contributed by atoms with van der Waals surface area (Å²) >= 11 is 1.90. The number of morpholine rings is 1. The van der Waals surface area contributed by atoms with E-state index in [-0.39, 0.29) is 0 Å². The molecule has 0 radical (unpaired) electrons. The van der Waals surface area contributed by atoms with Gasteiger partial charge in [0, 0.05) is 29.8 Å². The van der Waals surface area contributed by atoms with Gasteiger partial charge in [-0.2, -0.15) is 0 Å². The van der Waals surface area contributed by atoms with E-state index in [2.05, 4.69) is 55.3 Å². The van der Waals surface area contributed by atoms with Gasteiger partial charge in [0.25, 0.3) is 0 Å². The van der Waals surface area contributed by atoms with Crippen LogP contribution in [-0.2, 0) is 4.74 Å². The first-order chi connectivity index (χ1) is 10.2. The molecule has 118 valence electrons. The van der Waals surface area contributed by atoms with E-state index < -0.39 is 0 Å². The first-order valence-corrected chi connectivity index (χ1v) is 9.01. The third-order valence-corrected chi connectivity index (χ3v) is 5.14. The van der Waals surface area contributed by atoms with Crippen LogP contribution in [0.5, 0.6) is 0 Å². The van der Waals surface area contributed by atoms with Crippen molar-refractivity contribution in [3.05, 3.63) is 29.8 Å². The highest BCUT2D eigenvalue weighted by Gasteiger charge is 2.19. The quantitative estimate of drug-likeness (QED) is 0.782.